The van der Waals surface area contributed by atoms with Crippen LogP contribution in [0.4, 0.5) is 4.79 Å². The maximum absolute atomic E-state index is 12.3. The van der Waals surface area contributed by atoms with Gasteiger partial charge >= 0.3 is 6.09 Å². The quantitative estimate of drug-likeness (QED) is 0.803. The molecular formula is C23H27NO4. The van der Waals surface area contributed by atoms with Crippen molar-refractivity contribution in [3.05, 3.63) is 59.7 Å². The first kappa shape index (κ1) is 19.0. The number of hydrogen-bond acceptors (Lipinski definition) is 4. The second kappa shape index (κ2) is 8.76. The summed E-state index contributed by atoms with van der Waals surface area (Å²) in [4.78, 5) is 12.3. The Morgan fingerprint density at radius 3 is 2.43 bits per heavy atom. The normalized spacial score (nSPS) is 19.5. The number of rotatable bonds is 6. The molecule has 0 radical (unpaired) electrons. The average molecular weight is 381 g/mol. The van der Waals surface area contributed by atoms with Crippen molar-refractivity contribution in [2.75, 3.05) is 19.8 Å². The van der Waals surface area contributed by atoms with Gasteiger partial charge in [-0.2, -0.15) is 0 Å². The van der Waals surface area contributed by atoms with Gasteiger partial charge in [0.2, 0.25) is 0 Å². The zero-order valence-corrected chi connectivity index (χ0v) is 16.2. The van der Waals surface area contributed by atoms with Crippen LogP contribution in [0.3, 0.4) is 0 Å². The third-order valence-corrected chi connectivity index (χ3v) is 5.38. The highest BCUT2D eigenvalue weighted by molar-refractivity contribution is 5.79. The summed E-state index contributed by atoms with van der Waals surface area (Å²) >= 11 is 0. The third-order valence-electron chi connectivity index (χ3n) is 5.38. The van der Waals surface area contributed by atoms with E-state index in [4.69, 9.17) is 14.2 Å². The van der Waals surface area contributed by atoms with Crippen molar-refractivity contribution < 1.29 is 19.0 Å². The van der Waals surface area contributed by atoms with E-state index in [0.29, 0.717) is 13.2 Å². The zero-order valence-electron chi connectivity index (χ0n) is 16.2. The molecule has 0 saturated carbocycles. The average Bonchev–Trinajstić information content (AvgIpc) is 3.05. The van der Waals surface area contributed by atoms with Gasteiger partial charge < -0.3 is 19.5 Å². The number of carbonyl (C=O) groups excluding carboxylic acids is 1. The smallest absolute Gasteiger partial charge is 0.407 e. The highest BCUT2D eigenvalue weighted by Crippen LogP contribution is 2.44. The van der Waals surface area contributed by atoms with E-state index in [1.165, 1.54) is 22.3 Å². The van der Waals surface area contributed by atoms with Crippen LogP contribution < -0.4 is 5.32 Å². The molecule has 1 fully saturated rings. The first-order valence-electron chi connectivity index (χ1n) is 10.1. The molecule has 1 aliphatic heterocycles. The monoisotopic (exact) mass is 381 g/mol. The summed E-state index contributed by atoms with van der Waals surface area (Å²) in [6.45, 7) is 3.39. The fourth-order valence-electron chi connectivity index (χ4n) is 3.98. The van der Waals surface area contributed by atoms with Crippen LogP contribution in [0.2, 0.25) is 0 Å². The molecule has 2 aromatic carbocycles. The van der Waals surface area contributed by atoms with Gasteiger partial charge in [0.15, 0.2) is 6.29 Å². The SMILES string of the molecule is C[C@@H](COC1CCCCO1)NC(=O)OCC1c2ccccc2-c2ccccc21. The van der Waals surface area contributed by atoms with Gasteiger partial charge in [-0.05, 0) is 48.4 Å². The minimum Gasteiger partial charge on any atom is -0.449 e. The van der Waals surface area contributed by atoms with Gasteiger partial charge in [0.25, 0.3) is 0 Å². The molecule has 0 aromatic heterocycles. The minimum absolute atomic E-state index is 0.0698. The van der Waals surface area contributed by atoms with E-state index in [9.17, 15) is 4.79 Å². The van der Waals surface area contributed by atoms with Crippen LogP contribution in [0, 0.1) is 0 Å². The van der Waals surface area contributed by atoms with Gasteiger partial charge in [0, 0.05) is 12.5 Å². The summed E-state index contributed by atoms with van der Waals surface area (Å²) in [6, 6.07) is 16.5. The van der Waals surface area contributed by atoms with Gasteiger partial charge in [-0.3, -0.25) is 0 Å². The predicted molar refractivity (Wildman–Crippen MR) is 107 cm³/mol. The number of hydrogen-bond donors (Lipinski definition) is 1. The second-order valence-corrected chi connectivity index (χ2v) is 7.50. The largest absolute Gasteiger partial charge is 0.449 e. The van der Waals surface area contributed by atoms with E-state index in [0.717, 1.165) is 25.9 Å². The maximum atomic E-state index is 12.3. The van der Waals surface area contributed by atoms with E-state index in [2.05, 4.69) is 29.6 Å². The van der Waals surface area contributed by atoms with Gasteiger partial charge in [0.05, 0.1) is 12.6 Å². The van der Waals surface area contributed by atoms with Gasteiger partial charge in [0.1, 0.15) is 6.61 Å². The predicted octanol–water partition coefficient (Wildman–Crippen LogP) is 4.46. The maximum Gasteiger partial charge on any atom is 0.407 e. The molecule has 2 aromatic rings. The number of ether oxygens (including phenoxy) is 3. The lowest BCUT2D eigenvalue weighted by molar-refractivity contribution is -0.164. The Labute approximate surface area is 166 Å². The van der Waals surface area contributed by atoms with Crippen molar-refractivity contribution in [1.29, 1.82) is 0 Å². The van der Waals surface area contributed by atoms with Crippen LogP contribution in [0.5, 0.6) is 0 Å². The summed E-state index contributed by atoms with van der Waals surface area (Å²) in [5, 5.41) is 2.85. The summed E-state index contributed by atoms with van der Waals surface area (Å²) in [6.07, 6.45) is 2.56. The van der Waals surface area contributed by atoms with Crippen molar-refractivity contribution in [1.82, 2.24) is 5.32 Å². The summed E-state index contributed by atoms with van der Waals surface area (Å²) < 4.78 is 16.8. The molecule has 1 N–H and O–H groups in total. The number of amides is 1. The molecule has 1 amide bonds. The fraction of sp³-hybridized carbons (Fsp3) is 0.435. The third kappa shape index (κ3) is 4.21. The van der Waals surface area contributed by atoms with Crippen LogP contribution >= 0.6 is 0 Å². The zero-order chi connectivity index (χ0) is 19.3. The molecule has 1 saturated heterocycles. The molecule has 1 heterocycles. The topological polar surface area (TPSA) is 56.8 Å². The standard InChI is InChI=1S/C23H27NO4/c1-16(14-27-22-12-6-7-13-26-22)24-23(25)28-15-21-19-10-4-2-8-17(19)18-9-3-5-11-20(18)21/h2-5,8-11,16,21-22H,6-7,12-15H2,1H3,(H,24,25)/t16-,22?/m0/s1. The molecular weight excluding hydrogens is 354 g/mol. The fourth-order valence-corrected chi connectivity index (χ4v) is 3.98. The Morgan fingerprint density at radius 1 is 1.11 bits per heavy atom. The van der Waals surface area contributed by atoms with E-state index in [-0.39, 0.29) is 18.2 Å². The number of nitrogens with one attached hydrogen (secondary N) is 1. The molecule has 4 rings (SSSR count). The van der Waals surface area contributed by atoms with Crippen molar-refractivity contribution in [3.8, 4) is 11.1 Å². The summed E-state index contributed by atoms with van der Waals surface area (Å²) in [5.41, 5.74) is 4.87. The van der Waals surface area contributed by atoms with Gasteiger partial charge in [-0.15, -0.1) is 0 Å². The van der Waals surface area contributed by atoms with E-state index < -0.39 is 6.09 Å². The van der Waals surface area contributed by atoms with Crippen LogP contribution in [-0.2, 0) is 14.2 Å². The molecule has 2 aliphatic rings. The molecule has 0 bridgehead atoms. The number of carbonyl (C=O) groups is 1. The Bertz CT molecular complexity index is 770. The lowest BCUT2D eigenvalue weighted by Crippen LogP contribution is -2.38. The van der Waals surface area contributed by atoms with Crippen LogP contribution in [0.15, 0.2) is 48.5 Å². The van der Waals surface area contributed by atoms with Crippen molar-refractivity contribution in [3.63, 3.8) is 0 Å². The van der Waals surface area contributed by atoms with Gasteiger partial charge in [-0.25, -0.2) is 4.79 Å². The number of fused-ring (bicyclic) bond motifs is 3. The van der Waals surface area contributed by atoms with E-state index in [1.54, 1.807) is 0 Å². The lowest BCUT2D eigenvalue weighted by Gasteiger charge is -2.24. The second-order valence-electron chi connectivity index (χ2n) is 7.50. The first-order chi connectivity index (χ1) is 13.7. The molecule has 5 heteroatoms. The van der Waals surface area contributed by atoms with Crippen LogP contribution in [0.25, 0.3) is 11.1 Å². The molecule has 0 spiro atoms. The summed E-state index contributed by atoms with van der Waals surface area (Å²) in [5.74, 6) is 0.0698. The van der Waals surface area contributed by atoms with Crippen molar-refractivity contribution in [2.24, 2.45) is 0 Å². The molecule has 2 atom stereocenters. The first-order valence-corrected chi connectivity index (χ1v) is 10.1. The highest BCUT2D eigenvalue weighted by Gasteiger charge is 2.29. The molecule has 28 heavy (non-hydrogen) atoms. The van der Waals surface area contributed by atoms with E-state index in [1.807, 2.05) is 31.2 Å². The number of benzene rings is 2. The number of alkyl carbamates (subject to hydrolysis) is 1. The van der Waals surface area contributed by atoms with E-state index >= 15 is 0 Å². The Morgan fingerprint density at radius 2 is 1.79 bits per heavy atom. The molecule has 1 unspecified atom stereocenters. The van der Waals surface area contributed by atoms with Gasteiger partial charge in [-0.1, -0.05) is 48.5 Å². The molecule has 5 nitrogen and oxygen atoms in total. The van der Waals surface area contributed by atoms with Crippen molar-refractivity contribution in [2.45, 2.75) is 44.4 Å². The molecule has 1 aliphatic carbocycles. The summed E-state index contributed by atoms with van der Waals surface area (Å²) in [7, 11) is 0. The van der Waals surface area contributed by atoms with Crippen molar-refractivity contribution >= 4 is 6.09 Å². The Kier molecular flexibility index (Phi) is 5.93. The lowest BCUT2D eigenvalue weighted by atomic mass is 9.98. The van der Waals surface area contributed by atoms with Crippen LogP contribution in [0.1, 0.15) is 43.2 Å². The van der Waals surface area contributed by atoms with Crippen LogP contribution in [-0.4, -0.2) is 38.2 Å². The Hall–Kier alpha value is -2.37. The minimum atomic E-state index is -0.414. The highest BCUT2D eigenvalue weighted by atomic mass is 16.7. The molecule has 148 valence electrons. The Balaban J connectivity index is 1.30.